The monoisotopic (exact) mass is 591 g/mol. The number of carbonyl (C=O) groups is 3. The second kappa shape index (κ2) is 13.5. The lowest BCUT2D eigenvalue weighted by Crippen LogP contribution is -2.62. The quantitative estimate of drug-likeness (QED) is 0.246. The maximum Gasteiger partial charge on any atom is 0.247 e. The van der Waals surface area contributed by atoms with Gasteiger partial charge in [0, 0.05) is 34.4 Å². The van der Waals surface area contributed by atoms with E-state index in [1.807, 2.05) is 41.8 Å². The molecule has 10 heteroatoms. The van der Waals surface area contributed by atoms with Crippen LogP contribution in [0.2, 0.25) is 10.0 Å². The second-order valence-corrected chi connectivity index (χ2v) is 11.5. The molecule has 2 aromatic carbocycles. The maximum absolute atomic E-state index is 13.6. The van der Waals surface area contributed by atoms with E-state index in [4.69, 9.17) is 34.8 Å². The van der Waals surface area contributed by atoms with E-state index in [2.05, 4.69) is 5.32 Å². The second-order valence-electron chi connectivity index (χ2n) is 9.09. The fourth-order valence-electron chi connectivity index (χ4n) is 4.38. The highest BCUT2D eigenvalue weighted by Crippen LogP contribution is 2.24. The van der Waals surface area contributed by atoms with Crippen molar-refractivity contribution in [2.45, 2.75) is 37.2 Å². The lowest BCUT2D eigenvalue weighted by molar-refractivity contribution is -0.157. The van der Waals surface area contributed by atoms with Crippen LogP contribution in [-0.2, 0) is 33.6 Å². The minimum Gasteiger partial charge on any atom is -0.356 e. The number of amides is 3. The Morgan fingerprint density at radius 2 is 1.63 bits per heavy atom. The Labute approximate surface area is 241 Å². The Hall–Kier alpha value is -2.58. The van der Waals surface area contributed by atoms with Crippen LogP contribution < -0.4 is 5.32 Å². The molecule has 1 aromatic heterocycles. The molecule has 200 valence electrons. The van der Waals surface area contributed by atoms with Crippen molar-refractivity contribution in [3.8, 4) is 0 Å². The Balaban J connectivity index is 1.43. The Morgan fingerprint density at radius 1 is 0.974 bits per heavy atom. The van der Waals surface area contributed by atoms with Gasteiger partial charge >= 0.3 is 0 Å². The van der Waals surface area contributed by atoms with E-state index in [0.717, 1.165) is 16.0 Å². The van der Waals surface area contributed by atoms with Crippen molar-refractivity contribution in [2.24, 2.45) is 0 Å². The van der Waals surface area contributed by atoms with Crippen LogP contribution >= 0.6 is 46.1 Å². The number of rotatable bonds is 11. The van der Waals surface area contributed by atoms with E-state index >= 15 is 0 Å². The zero-order valence-electron chi connectivity index (χ0n) is 20.6. The predicted octanol–water partition coefficient (Wildman–Crippen LogP) is 5.19. The largest absolute Gasteiger partial charge is 0.356 e. The highest BCUT2D eigenvalue weighted by Gasteiger charge is 2.42. The Morgan fingerprint density at radius 3 is 2.26 bits per heavy atom. The van der Waals surface area contributed by atoms with Gasteiger partial charge in [-0.2, -0.15) is 0 Å². The molecule has 3 aromatic rings. The SMILES string of the molecule is O=C(CC1C(=O)N(C(Cl)Cc2ccc(Cl)cc2)CC(=O)N1CCc1cccs1)NCCc1ccc(Cl)cc1. The standard InChI is InChI=1S/C28H28Cl3N3O3S/c29-21-7-3-19(4-8-21)11-13-32-26(35)17-24-28(37)34(25(31)16-20-5-9-22(30)10-6-20)18-27(36)33(24)14-12-23-2-1-15-38-23/h1-10,15,24-25H,11-14,16-18H2,(H,32,35). The highest BCUT2D eigenvalue weighted by atomic mass is 35.5. The van der Waals surface area contributed by atoms with Crippen LogP contribution in [-0.4, -0.2) is 58.7 Å². The first-order valence-electron chi connectivity index (χ1n) is 12.3. The average Bonchev–Trinajstić information content (AvgIpc) is 3.42. The first-order valence-corrected chi connectivity index (χ1v) is 14.4. The third-order valence-electron chi connectivity index (χ3n) is 6.43. The average molecular weight is 593 g/mol. The fraction of sp³-hybridized carbons (Fsp3) is 0.321. The first-order chi connectivity index (χ1) is 18.3. The number of benzene rings is 2. The zero-order chi connectivity index (χ0) is 27.1. The van der Waals surface area contributed by atoms with Crippen molar-refractivity contribution >= 4 is 63.9 Å². The van der Waals surface area contributed by atoms with Crippen molar-refractivity contribution in [1.82, 2.24) is 15.1 Å². The minimum absolute atomic E-state index is 0.125. The molecule has 6 nitrogen and oxygen atoms in total. The molecule has 1 fully saturated rings. The number of halogens is 3. The maximum atomic E-state index is 13.6. The minimum atomic E-state index is -0.918. The fourth-order valence-corrected chi connectivity index (χ4v) is 5.68. The number of nitrogens with zero attached hydrogens (tertiary/aromatic N) is 2. The van der Waals surface area contributed by atoms with Crippen LogP contribution in [0.15, 0.2) is 66.0 Å². The van der Waals surface area contributed by atoms with Gasteiger partial charge in [-0.1, -0.05) is 65.1 Å². The first kappa shape index (κ1) is 28.4. The van der Waals surface area contributed by atoms with E-state index < -0.39 is 11.5 Å². The lowest BCUT2D eigenvalue weighted by atomic mass is 10.0. The summed E-state index contributed by atoms with van der Waals surface area (Å²) in [4.78, 5) is 43.8. The number of alkyl halides is 1. The van der Waals surface area contributed by atoms with E-state index in [1.54, 1.807) is 35.6 Å². The van der Waals surface area contributed by atoms with Crippen LogP contribution in [0.5, 0.6) is 0 Å². The molecule has 1 N–H and O–H groups in total. The Bertz CT molecular complexity index is 1240. The molecular formula is C28H28Cl3N3O3S. The van der Waals surface area contributed by atoms with E-state index in [0.29, 0.717) is 42.4 Å². The lowest BCUT2D eigenvalue weighted by Gasteiger charge is -2.41. The molecule has 0 bridgehead atoms. The number of thiophene rings is 1. The van der Waals surface area contributed by atoms with Gasteiger partial charge in [-0.05, 0) is 59.7 Å². The third kappa shape index (κ3) is 7.73. The third-order valence-corrected chi connectivity index (χ3v) is 8.26. The van der Waals surface area contributed by atoms with Gasteiger partial charge in [0.15, 0.2) is 0 Å². The summed E-state index contributed by atoms with van der Waals surface area (Å²) in [6.45, 7) is 0.633. The van der Waals surface area contributed by atoms with Crippen molar-refractivity contribution < 1.29 is 14.4 Å². The van der Waals surface area contributed by atoms with Gasteiger partial charge in [-0.15, -0.1) is 11.3 Å². The number of hydrogen-bond donors (Lipinski definition) is 1. The van der Waals surface area contributed by atoms with Gasteiger partial charge in [0.05, 0.1) is 6.42 Å². The molecule has 0 radical (unpaired) electrons. The summed E-state index contributed by atoms with van der Waals surface area (Å²) in [6.07, 6.45) is 1.46. The molecule has 2 unspecified atom stereocenters. The molecule has 1 aliphatic rings. The number of piperazine rings is 1. The van der Waals surface area contributed by atoms with E-state index in [9.17, 15) is 14.4 Å². The van der Waals surface area contributed by atoms with Crippen LogP contribution in [0.1, 0.15) is 22.4 Å². The summed E-state index contributed by atoms with van der Waals surface area (Å²) in [7, 11) is 0. The zero-order valence-corrected chi connectivity index (χ0v) is 23.7. The predicted molar refractivity (Wildman–Crippen MR) is 153 cm³/mol. The smallest absolute Gasteiger partial charge is 0.247 e. The number of hydrogen-bond acceptors (Lipinski definition) is 4. The van der Waals surface area contributed by atoms with E-state index in [1.165, 1.54) is 9.80 Å². The van der Waals surface area contributed by atoms with Gasteiger partial charge in [-0.25, -0.2) is 0 Å². The van der Waals surface area contributed by atoms with Gasteiger partial charge in [0.1, 0.15) is 18.1 Å². The van der Waals surface area contributed by atoms with Crippen LogP contribution in [0.4, 0.5) is 0 Å². The molecule has 0 aliphatic carbocycles. The summed E-state index contributed by atoms with van der Waals surface area (Å²) in [5.74, 6) is -0.837. The molecule has 3 amide bonds. The molecule has 1 aliphatic heterocycles. The summed E-state index contributed by atoms with van der Waals surface area (Å²) in [5.41, 5.74) is 1.20. The van der Waals surface area contributed by atoms with Gasteiger partial charge < -0.3 is 15.1 Å². The number of carbonyl (C=O) groups excluding carboxylic acids is 3. The van der Waals surface area contributed by atoms with Gasteiger partial charge in [-0.3, -0.25) is 14.4 Å². The molecular weight excluding hydrogens is 565 g/mol. The van der Waals surface area contributed by atoms with Crippen molar-refractivity contribution in [3.63, 3.8) is 0 Å². The topological polar surface area (TPSA) is 69.7 Å². The highest BCUT2D eigenvalue weighted by molar-refractivity contribution is 7.09. The normalized spacial score (nSPS) is 16.6. The Kier molecular flexibility index (Phi) is 10.1. The van der Waals surface area contributed by atoms with Crippen molar-refractivity contribution in [3.05, 3.63) is 92.1 Å². The molecule has 0 spiro atoms. The molecule has 0 saturated carbocycles. The summed E-state index contributed by atoms with van der Waals surface area (Å²) in [6, 6.07) is 17.6. The van der Waals surface area contributed by atoms with Crippen LogP contribution in [0, 0.1) is 0 Å². The van der Waals surface area contributed by atoms with Crippen LogP contribution in [0.3, 0.4) is 0 Å². The molecule has 1 saturated heterocycles. The number of nitrogens with one attached hydrogen (secondary N) is 1. The molecule has 2 atom stereocenters. The van der Waals surface area contributed by atoms with E-state index in [-0.39, 0.29) is 30.7 Å². The molecule has 4 rings (SSSR count). The summed E-state index contributed by atoms with van der Waals surface area (Å²) in [5, 5.41) is 6.11. The van der Waals surface area contributed by atoms with Gasteiger partial charge in [0.25, 0.3) is 0 Å². The van der Waals surface area contributed by atoms with Crippen molar-refractivity contribution in [2.75, 3.05) is 19.6 Å². The van der Waals surface area contributed by atoms with Crippen molar-refractivity contribution in [1.29, 1.82) is 0 Å². The summed E-state index contributed by atoms with van der Waals surface area (Å²) < 4.78 is 0. The van der Waals surface area contributed by atoms with Gasteiger partial charge in [0.2, 0.25) is 17.7 Å². The van der Waals surface area contributed by atoms with Crippen LogP contribution in [0.25, 0.3) is 0 Å². The summed E-state index contributed by atoms with van der Waals surface area (Å²) >= 11 is 20.2. The molecule has 38 heavy (non-hydrogen) atoms. The molecule has 2 heterocycles.